The molecule has 23 heavy (non-hydrogen) atoms. The Morgan fingerprint density at radius 3 is 2.87 bits per heavy atom. The van der Waals surface area contributed by atoms with Crippen LogP contribution >= 0.6 is 12.4 Å². The normalized spacial score (nSPS) is 10.3. The Bertz CT molecular complexity index is 613. The van der Waals surface area contributed by atoms with Crippen LogP contribution in [0, 0.1) is 0 Å². The fraction of sp³-hybridized carbons (Fsp3) is 0.471. The van der Waals surface area contributed by atoms with E-state index in [1.165, 1.54) is 5.56 Å². The van der Waals surface area contributed by atoms with Gasteiger partial charge in [0.05, 0.1) is 13.2 Å². The van der Waals surface area contributed by atoms with Gasteiger partial charge in [-0.1, -0.05) is 0 Å². The molecule has 0 unspecified atom stereocenters. The highest BCUT2D eigenvalue weighted by Crippen LogP contribution is 2.24. The Labute approximate surface area is 142 Å². The van der Waals surface area contributed by atoms with E-state index in [0.29, 0.717) is 26.2 Å². The van der Waals surface area contributed by atoms with E-state index in [9.17, 15) is 4.79 Å². The monoisotopic (exact) mass is 340 g/mol. The lowest BCUT2D eigenvalue weighted by Crippen LogP contribution is -2.05. The quantitative estimate of drug-likeness (QED) is 0.543. The van der Waals surface area contributed by atoms with E-state index in [4.69, 9.17) is 15.2 Å². The van der Waals surface area contributed by atoms with Gasteiger partial charge in [-0.3, -0.25) is 4.79 Å². The molecule has 5 nitrogen and oxygen atoms in total. The first-order valence-electron chi connectivity index (χ1n) is 7.83. The van der Waals surface area contributed by atoms with Crippen molar-refractivity contribution in [1.29, 1.82) is 0 Å². The zero-order valence-corrected chi connectivity index (χ0v) is 14.3. The molecule has 1 aromatic heterocycles. The molecular formula is C17H25ClN2O3. The molecule has 1 heterocycles. The first-order chi connectivity index (χ1) is 10.7. The molecule has 0 aliphatic carbocycles. The van der Waals surface area contributed by atoms with Crippen LogP contribution < -0.4 is 10.5 Å². The Morgan fingerprint density at radius 1 is 1.30 bits per heavy atom. The zero-order valence-electron chi connectivity index (χ0n) is 13.5. The second kappa shape index (κ2) is 10.1. The van der Waals surface area contributed by atoms with Gasteiger partial charge in [0, 0.05) is 23.5 Å². The fourth-order valence-electron chi connectivity index (χ4n) is 2.40. The lowest BCUT2D eigenvalue weighted by Gasteiger charge is -2.07. The van der Waals surface area contributed by atoms with Gasteiger partial charge in [-0.15, -0.1) is 12.4 Å². The number of hydrogen-bond donors (Lipinski definition) is 2. The smallest absolute Gasteiger partial charge is 0.305 e. The number of carbonyl (C=O) groups is 1. The van der Waals surface area contributed by atoms with Crippen LogP contribution in [-0.4, -0.2) is 30.7 Å². The molecule has 3 N–H and O–H groups in total. The molecule has 2 rings (SSSR count). The molecule has 0 amide bonds. The van der Waals surface area contributed by atoms with Crippen LogP contribution in [0.4, 0.5) is 0 Å². The summed E-state index contributed by atoms with van der Waals surface area (Å²) in [6, 6.07) is 6.02. The van der Waals surface area contributed by atoms with Gasteiger partial charge in [-0.25, -0.2) is 0 Å². The van der Waals surface area contributed by atoms with E-state index >= 15 is 0 Å². The third-order valence-corrected chi connectivity index (χ3v) is 3.50. The maximum Gasteiger partial charge on any atom is 0.305 e. The van der Waals surface area contributed by atoms with Crippen LogP contribution in [0.3, 0.4) is 0 Å². The number of rotatable bonds is 9. The van der Waals surface area contributed by atoms with Crippen LogP contribution in [0.1, 0.15) is 31.7 Å². The molecule has 0 radical (unpaired) electrons. The number of nitrogens with two attached hydrogens (primary N) is 1. The van der Waals surface area contributed by atoms with Gasteiger partial charge in [0.25, 0.3) is 0 Å². The number of aromatic amines is 1. The SMILES string of the molecule is CCOC(=O)CCCCOc1ccc2[nH]cc(CCN)c2c1.Cl. The first-order valence-corrected chi connectivity index (χ1v) is 7.83. The molecule has 0 aliphatic rings. The summed E-state index contributed by atoms with van der Waals surface area (Å²) in [4.78, 5) is 14.5. The van der Waals surface area contributed by atoms with Crippen molar-refractivity contribution in [3.63, 3.8) is 0 Å². The van der Waals surface area contributed by atoms with Crippen LogP contribution in [0.5, 0.6) is 5.75 Å². The number of halogens is 1. The minimum atomic E-state index is -0.136. The number of aromatic nitrogens is 1. The Hall–Kier alpha value is -1.72. The lowest BCUT2D eigenvalue weighted by atomic mass is 10.1. The molecular weight excluding hydrogens is 316 g/mol. The molecule has 0 atom stereocenters. The number of carbonyl (C=O) groups excluding carboxylic acids is 1. The van der Waals surface area contributed by atoms with Crippen molar-refractivity contribution in [2.24, 2.45) is 5.73 Å². The summed E-state index contributed by atoms with van der Waals surface area (Å²) >= 11 is 0. The molecule has 0 aliphatic heterocycles. The fourth-order valence-corrected chi connectivity index (χ4v) is 2.40. The maximum absolute atomic E-state index is 11.2. The maximum atomic E-state index is 11.2. The number of nitrogens with one attached hydrogen (secondary N) is 1. The number of unbranched alkanes of at least 4 members (excludes halogenated alkanes) is 1. The van der Waals surface area contributed by atoms with Gasteiger partial charge >= 0.3 is 5.97 Å². The van der Waals surface area contributed by atoms with E-state index in [2.05, 4.69) is 4.98 Å². The first kappa shape index (κ1) is 19.3. The van der Waals surface area contributed by atoms with Crippen molar-refractivity contribution in [2.45, 2.75) is 32.6 Å². The van der Waals surface area contributed by atoms with Gasteiger partial charge in [0.1, 0.15) is 5.75 Å². The standard InChI is InChI=1S/C17H24N2O3.ClH/c1-2-21-17(20)5-3-4-10-22-14-6-7-16-15(11-14)13(8-9-18)12-19-16;/h6-7,11-12,19H,2-5,8-10,18H2,1H3;1H. The van der Waals surface area contributed by atoms with Crippen molar-refractivity contribution >= 4 is 29.3 Å². The summed E-state index contributed by atoms with van der Waals surface area (Å²) < 4.78 is 10.6. The summed E-state index contributed by atoms with van der Waals surface area (Å²) in [6.07, 6.45) is 4.92. The van der Waals surface area contributed by atoms with Gasteiger partial charge in [-0.2, -0.15) is 0 Å². The second-order valence-corrected chi connectivity index (χ2v) is 5.17. The molecule has 1 aromatic carbocycles. The van der Waals surface area contributed by atoms with Crippen molar-refractivity contribution < 1.29 is 14.3 Å². The number of fused-ring (bicyclic) bond motifs is 1. The summed E-state index contributed by atoms with van der Waals surface area (Å²) in [5.74, 6) is 0.712. The summed E-state index contributed by atoms with van der Waals surface area (Å²) in [5.41, 5.74) is 7.93. The van der Waals surface area contributed by atoms with E-state index in [-0.39, 0.29) is 18.4 Å². The van der Waals surface area contributed by atoms with Gasteiger partial charge in [0.15, 0.2) is 0 Å². The molecule has 0 saturated heterocycles. The Morgan fingerprint density at radius 2 is 2.13 bits per heavy atom. The predicted molar refractivity (Wildman–Crippen MR) is 94.3 cm³/mol. The lowest BCUT2D eigenvalue weighted by molar-refractivity contribution is -0.143. The van der Waals surface area contributed by atoms with Crippen molar-refractivity contribution in [3.8, 4) is 5.75 Å². The molecule has 0 bridgehead atoms. The molecule has 2 aromatic rings. The third kappa shape index (κ3) is 5.77. The van der Waals surface area contributed by atoms with Crippen molar-refractivity contribution in [2.75, 3.05) is 19.8 Å². The van der Waals surface area contributed by atoms with Crippen molar-refractivity contribution in [1.82, 2.24) is 4.98 Å². The zero-order chi connectivity index (χ0) is 15.8. The largest absolute Gasteiger partial charge is 0.494 e. The summed E-state index contributed by atoms with van der Waals surface area (Å²) in [7, 11) is 0. The van der Waals surface area contributed by atoms with Crippen LogP contribution in [0.25, 0.3) is 10.9 Å². The molecule has 0 fully saturated rings. The molecule has 0 spiro atoms. The Kier molecular flexibility index (Phi) is 8.51. The number of hydrogen-bond acceptors (Lipinski definition) is 4. The number of benzene rings is 1. The third-order valence-electron chi connectivity index (χ3n) is 3.50. The Balaban J connectivity index is 0.00000264. The predicted octanol–water partition coefficient (Wildman–Crippen LogP) is 3.20. The highest BCUT2D eigenvalue weighted by atomic mass is 35.5. The number of ether oxygens (including phenoxy) is 2. The van der Waals surface area contributed by atoms with Crippen LogP contribution in [0.15, 0.2) is 24.4 Å². The minimum absolute atomic E-state index is 0. The van der Waals surface area contributed by atoms with Gasteiger partial charge in [-0.05, 0) is 56.5 Å². The molecule has 0 saturated carbocycles. The van der Waals surface area contributed by atoms with E-state index in [1.807, 2.05) is 31.3 Å². The van der Waals surface area contributed by atoms with Crippen LogP contribution in [-0.2, 0) is 16.0 Å². The minimum Gasteiger partial charge on any atom is -0.494 e. The number of H-pyrrole nitrogens is 1. The molecule has 6 heteroatoms. The second-order valence-electron chi connectivity index (χ2n) is 5.17. The number of esters is 1. The average Bonchev–Trinajstić information content (AvgIpc) is 2.90. The summed E-state index contributed by atoms with van der Waals surface area (Å²) in [6.45, 7) is 3.49. The van der Waals surface area contributed by atoms with E-state index < -0.39 is 0 Å². The van der Waals surface area contributed by atoms with Gasteiger partial charge in [0.2, 0.25) is 0 Å². The topological polar surface area (TPSA) is 77.3 Å². The summed E-state index contributed by atoms with van der Waals surface area (Å²) in [5, 5.41) is 1.16. The van der Waals surface area contributed by atoms with Crippen molar-refractivity contribution in [3.05, 3.63) is 30.0 Å². The highest BCUT2D eigenvalue weighted by molar-refractivity contribution is 5.85. The highest BCUT2D eigenvalue weighted by Gasteiger charge is 2.05. The van der Waals surface area contributed by atoms with E-state index in [0.717, 1.165) is 35.9 Å². The average molecular weight is 341 g/mol. The van der Waals surface area contributed by atoms with E-state index in [1.54, 1.807) is 0 Å². The van der Waals surface area contributed by atoms with Crippen LogP contribution in [0.2, 0.25) is 0 Å². The van der Waals surface area contributed by atoms with Gasteiger partial charge < -0.3 is 20.2 Å². The molecule has 128 valence electrons.